The van der Waals surface area contributed by atoms with Crippen LogP contribution in [0.4, 0.5) is 8.78 Å². The van der Waals surface area contributed by atoms with Crippen molar-refractivity contribution in [3.8, 4) is 22.4 Å². The molecule has 5 aromatic heterocycles. The molecular weight excluding hydrogens is 775 g/mol. The Kier molecular flexibility index (Phi) is 11.1. The summed E-state index contributed by atoms with van der Waals surface area (Å²) in [4.78, 5) is 18.6. The molecule has 10 nitrogen and oxygen atoms in total. The topological polar surface area (TPSA) is 101 Å². The average Bonchev–Trinajstić information content (AvgIpc) is 3.87. The summed E-state index contributed by atoms with van der Waals surface area (Å²) in [7, 11) is 0. The van der Waals surface area contributed by atoms with Crippen molar-refractivity contribution in [2.45, 2.75) is 79.1 Å². The van der Waals surface area contributed by atoms with Crippen LogP contribution in [-0.4, -0.2) is 88.8 Å². The molecular formula is C47H50F2N10S. The van der Waals surface area contributed by atoms with Gasteiger partial charge in [-0.2, -0.15) is 20.4 Å². The second-order valence-electron chi connectivity index (χ2n) is 16.4. The molecule has 0 atom stereocenters. The van der Waals surface area contributed by atoms with Crippen molar-refractivity contribution in [2.75, 3.05) is 39.3 Å². The molecule has 2 saturated heterocycles. The van der Waals surface area contributed by atoms with Crippen LogP contribution in [0.25, 0.3) is 60.1 Å². The summed E-state index contributed by atoms with van der Waals surface area (Å²) >= 11 is 1.67. The second-order valence-corrected chi connectivity index (χ2v) is 17.7. The number of fused-ring (bicyclic) bond motifs is 4. The number of nitrogens with zero attached hydrogens (tertiary/aromatic N) is 10. The van der Waals surface area contributed by atoms with Gasteiger partial charge in [0.05, 0.1) is 54.7 Å². The highest BCUT2D eigenvalue weighted by atomic mass is 32.1. The Balaban J connectivity index is 0.000000154. The highest BCUT2D eigenvalue weighted by Crippen LogP contribution is 2.35. The van der Waals surface area contributed by atoms with E-state index in [9.17, 15) is 0 Å². The predicted molar refractivity (Wildman–Crippen MR) is 237 cm³/mol. The van der Waals surface area contributed by atoms with Crippen molar-refractivity contribution in [2.24, 2.45) is 0 Å². The zero-order valence-electron chi connectivity index (χ0n) is 35.1. The van der Waals surface area contributed by atoms with Crippen LogP contribution in [0.3, 0.4) is 0 Å². The van der Waals surface area contributed by atoms with Gasteiger partial charge in [0.25, 0.3) is 0 Å². The fourth-order valence-corrected chi connectivity index (χ4v) is 9.90. The Hall–Kier alpha value is -5.37. The van der Waals surface area contributed by atoms with Crippen LogP contribution in [0.1, 0.15) is 84.7 Å². The Bertz CT molecular complexity index is 2870. The summed E-state index contributed by atoms with van der Waals surface area (Å²) in [6.45, 7) is 18.7. The molecule has 0 amide bonds. The van der Waals surface area contributed by atoms with Gasteiger partial charge in [0.1, 0.15) is 11.6 Å². The standard InChI is InChI=1S/C24H25FN4S.C23H25FN6/c1-4-29-7-5-16(6-8-29)21-13-19-20(25)10-18(11-22(19)28-27-21)17-9-14(2)24-23(12-17)30-15(3)26-24;1-4-29-7-5-16(6-8-29)20-11-18-19(24)9-17(10-21(18)28-27-20)22-13-30-12-14(2)25-15(3)23(30)26-22/h2*9-13,16H,4-8H2,1-3H3. The number of imidazole rings is 1. The van der Waals surface area contributed by atoms with Crippen LogP contribution >= 0.6 is 11.3 Å². The molecule has 10 rings (SSSR count). The molecule has 2 aliphatic rings. The maximum Gasteiger partial charge on any atom is 0.158 e. The van der Waals surface area contributed by atoms with Gasteiger partial charge >= 0.3 is 0 Å². The van der Waals surface area contributed by atoms with Crippen molar-refractivity contribution >= 4 is 49.0 Å². The zero-order chi connectivity index (χ0) is 41.7. The lowest BCUT2D eigenvalue weighted by molar-refractivity contribution is 0.220. The molecule has 0 unspecified atom stereocenters. The van der Waals surface area contributed by atoms with E-state index in [-0.39, 0.29) is 11.6 Å². The molecule has 308 valence electrons. The molecule has 0 saturated carbocycles. The summed E-state index contributed by atoms with van der Waals surface area (Å²) < 4.78 is 33.3. The number of aryl methyl sites for hydroxylation is 4. The second kappa shape index (κ2) is 16.6. The maximum absolute atomic E-state index is 15.1. The first kappa shape index (κ1) is 40.1. The summed E-state index contributed by atoms with van der Waals surface area (Å²) in [6.07, 6.45) is 8.03. The molecule has 2 fully saturated rings. The number of aromatic nitrogens is 8. The van der Waals surface area contributed by atoms with Gasteiger partial charge in [0.15, 0.2) is 5.65 Å². The van der Waals surface area contributed by atoms with Gasteiger partial charge in [-0.1, -0.05) is 13.8 Å². The highest BCUT2D eigenvalue weighted by molar-refractivity contribution is 7.18. The Labute approximate surface area is 352 Å². The Morgan fingerprint density at radius 3 is 1.75 bits per heavy atom. The fourth-order valence-electron chi connectivity index (χ4n) is 8.96. The average molecular weight is 825 g/mol. The molecule has 0 N–H and O–H groups in total. The van der Waals surface area contributed by atoms with Gasteiger partial charge < -0.3 is 14.2 Å². The maximum atomic E-state index is 15.1. The molecule has 7 heterocycles. The van der Waals surface area contributed by atoms with Crippen molar-refractivity contribution in [3.05, 3.63) is 106 Å². The number of piperidine rings is 2. The third-order valence-corrected chi connectivity index (χ3v) is 13.3. The van der Waals surface area contributed by atoms with E-state index >= 15 is 8.78 Å². The van der Waals surface area contributed by atoms with E-state index in [1.807, 2.05) is 61.8 Å². The van der Waals surface area contributed by atoms with Crippen molar-refractivity contribution < 1.29 is 8.78 Å². The van der Waals surface area contributed by atoms with E-state index in [0.717, 1.165) is 125 Å². The SMILES string of the molecule is CCN1CCC(c2cc3c(F)cc(-c4cc(C)c5nc(C)sc5c4)cc3nn2)CC1.CCN1CCC(c2cc3c(F)cc(-c4cn5cc(C)nc(C)c5n4)cc3nn2)CC1. The number of thiazole rings is 1. The van der Waals surface area contributed by atoms with E-state index in [0.29, 0.717) is 44.9 Å². The summed E-state index contributed by atoms with van der Waals surface area (Å²) in [6, 6.07) is 15.0. The molecule has 0 aliphatic carbocycles. The van der Waals surface area contributed by atoms with Crippen molar-refractivity contribution in [3.63, 3.8) is 0 Å². The minimum atomic E-state index is -0.285. The largest absolute Gasteiger partial charge is 0.304 e. The lowest BCUT2D eigenvalue weighted by atomic mass is 9.92. The smallest absolute Gasteiger partial charge is 0.158 e. The fraction of sp³-hybridized carbons (Fsp3) is 0.383. The van der Waals surface area contributed by atoms with Crippen molar-refractivity contribution in [1.29, 1.82) is 0 Å². The van der Waals surface area contributed by atoms with Gasteiger partial charge in [0, 0.05) is 40.6 Å². The third-order valence-electron chi connectivity index (χ3n) is 12.4. The lowest BCUT2D eigenvalue weighted by Gasteiger charge is -2.30. The Morgan fingerprint density at radius 2 is 1.17 bits per heavy atom. The van der Waals surface area contributed by atoms with Gasteiger partial charge in [-0.05, 0) is 158 Å². The summed E-state index contributed by atoms with van der Waals surface area (Å²) in [5.41, 5.74) is 10.9. The van der Waals surface area contributed by atoms with E-state index in [4.69, 9.17) is 0 Å². The van der Waals surface area contributed by atoms with Gasteiger partial charge in [-0.15, -0.1) is 11.3 Å². The first-order valence-electron chi connectivity index (χ1n) is 21.1. The van der Waals surface area contributed by atoms with Gasteiger partial charge in [-0.3, -0.25) is 4.98 Å². The normalized spacial score (nSPS) is 16.0. The zero-order valence-corrected chi connectivity index (χ0v) is 36.0. The monoisotopic (exact) mass is 824 g/mol. The van der Waals surface area contributed by atoms with E-state index < -0.39 is 0 Å². The minimum absolute atomic E-state index is 0.233. The van der Waals surface area contributed by atoms with Crippen LogP contribution in [0.5, 0.6) is 0 Å². The number of hydrogen-bond acceptors (Lipinski definition) is 10. The molecule has 0 spiro atoms. The van der Waals surface area contributed by atoms with E-state index in [2.05, 4.69) is 78.1 Å². The van der Waals surface area contributed by atoms with E-state index in [1.165, 1.54) is 0 Å². The molecule has 0 radical (unpaired) electrons. The van der Waals surface area contributed by atoms with Gasteiger partial charge in [0.2, 0.25) is 0 Å². The molecule has 3 aromatic carbocycles. The van der Waals surface area contributed by atoms with Crippen LogP contribution in [-0.2, 0) is 0 Å². The number of hydrogen-bond donors (Lipinski definition) is 0. The van der Waals surface area contributed by atoms with Crippen LogP contribution in [0.15, 0.2) is 60.9 Å². The number of halogens is 2. The van der Waals surface area contributed by atoms with Crippen LogP contribution in [0.2, 0.25) is 0 Å². The first-order valence-corrected chi connectivity index (χ1v) is 21.9. The molecule has 8 aromatic rings. The first-order chi connectivity index (χ1) is 29.0. The molecule has 60 heavy (non-hydrogen) atoms. The summed E-state index contributed by atoms with van der Waals surface area (Å²) in [5, 5.41) is 19.9. The molecule has 13 heteroatoms. The number of likely N-dealkylation sites (tertiary alicyclic amines) is 2. The molecule has 2 aliphatic heterocycles. The number of rotatable bonds is 6. The van der Waals surface area contributed by atoms with Crippen LogP contribution in [0, 0.1) is 39.3 Å². The quantitative estimate of drug-likeness (QED) is 0.162. The Morgan fingerprint density at radius 1 is 0.617 bits per heavy atom. The third kappa shape index (κ3) is 7.98. The summed E-state index contributed by atoms with van der Waals surface area (Å²) in [5.74, 6) is 0.194. The number of benzene rings is 3. The molecule has 0 bridgehead atoms. The highest BCUT2D eigenvalue weighted by Gasteiger charge is 2.24. The van der Waals surface area contributed by atoms with Crippen LogP contribution < -0.4 is 0 Å². The lowest BCUT2D eigenvalue weighted by Crippen LogP contribution is -2.32. The van der Waals surface area contributed by atoms with Gasteiger partial charge in [-0.25, -0.2) is 18.7 Å². The predicted octanol–water partition coefficient (Wildman–Crippen LogP) is 10.2. The van der Waals surface area contributed by atoms with E-state index in [1.54, 1.807) is 23.5 Å². The minimum Gasteiger partial charge on any atom is -0.304 e. The van der Waals surface area contributed by atoms with Crippen molar-refractivity contribution in [1.82, 2.24) is 49.5 Å².